The van der Waals surface area contributed by atoms with Crippen molar-refractivity contribution in [2.45, 2.75) is 52.1 Å². The summed E-state index contributed by atoms with van der Waals surface area (Å²) in [6, 6.07) is 0. The van der Waals surface area contributed by atoms with E-state index in [0.717, 1.165) is 44.7 Å². The van der Waals surface area contributed by atoms with Gasteiger partial charge in [-0.1, -0.05) is 6.92 Å². The van der Waals surface area contributed by atoms with Gasteiger partial charge in [0.1, 0.15) is 12.2 Å². The van der Waals surface area contributed by atoms with Crippen LogP contribution in [0, 0.1) is 0 Å². The Bertz CT molecular complexity index is 411. The molecule has 1 aliphatic heterocycles. The third-order valence-corrected chi connectivity index (χ3v) is 3.64. The van der Waals surface area contributed by atoms with Crippen molar-refractivity contribution >= 4 is 5.91 Å². The molecule has 112 valence electrons. The third-order valence-electron chi connectivity index (χ3n) is 3.64. The van der Waals surface area contributed by atoms with Gasteiger partial charge in [0.2, 0.25) is 5.91 Å². The lowest BCUT2D eigenvalue weighted by atomic mass is 10.1. The number of hydrogen-bond donors (Lipinski definition) is 1. The second-order valence-corrected chi connectivity index (χ2v) is 5.27. The zero-order valence-corrected chi connectivity index (χ0v) is 12.3. The molecule has 1 saturated heterocycles. The minimum absolute atomic E-state index is 0.271. The average molecular weight is 279 g/mol. The molecule has 2 rings (SSSR count). The van der Waals surface area contributed by atoms with Gasteiger partial charge in [0, 0.05) is 32.6 Å². The maximum atomic E-state index is 12.0. The third kappa shape index (κ3) is 4.30. The van der Waals surface area contributed by atoms with Gasteiger partial charge >= 0.3 is 0 Å². The van der Waals surface area contributed by atoms with E-state index in [-0.39, 0.29) is 5.91 Å². The van der Waals surface area contributed by atoms with Crippen molar-refractivity contribution in [3.8, 4) is 0 Å². The molecule has 1 amide bonds. The highest BCUT2D eigenvalue weighted by Crippen LogP contribution is 2.09. The highest BCUT2D eigenvalue weighted by atomic mass is 16.2. The normalized spacial score (nSPS) is 15.6. The van der Waals surface area contributed by atoms with Crippen LogP contribution in [0.4, 0.5) is 0 Å². The number of nitrogens with one attached hydrogen (secondary N) is 1. The molecule has 20 heavy (non-hydrogen) atoms. The van der Waals surface area contributed by atoms with Gasteiger partial charge in [0.15, 0.2) is 0 Å². The van der Waals surface area contributed by atoms with E-state index in [1.54, 1.807) is 6.33 Å². The number of piperidine rings is 1. The second kappa shape index (κ2) is 7.99. The first-order valence-corrected chi connectivity index (χ1v) is 7.66. The van der Waals surface area contributed by atoms with Crippen LogP contribution >= 0.6 is 0 Å². The van der Waals surface area contributed by atoms with Crippen LogP contribution in [0.1, 0.15) is 44.9 Å². The van der Waals surface area contributed by atoms with Gasteiger partial charge < -0.3 is 10.2 Å². The summed E-state index contributed by atoms with van der Waals surface area (Å²) in [7, 11) is 0. The fourth-order valence-electron chi connectivity index (χ4n) is 2.52. The number of rotatable bonds is 7. The Morgan fingerprint density at radius 2 is 2.15 bits per heavy atom. The molecule has 2 heterocycles. The molecule has 6 heteroatoms. The zero-order valence-electron chi connectivity index (χ0n) is 12.3. The van der Waals surface area contributed by atoms with E-state index in [4.69, 9.17) is 0 Å². The fraction of sp³-hybridized carbons (Fsp3) is 0.786. The van der Waals surface area contributed by atoms with E-state index in [0.29, 0.717) is 19.5 Å². The topological polar surface area (TPSA) is 63.1 Å². The molecule has 1 aromatic heterocycles. The van der Waals surface area contributed by atoms with Crippen LogP contribution in [0.5, 0.6) is 0 Å². The first kappa shape index (κ1) is 15.0. The van der Waals surface area contributed by atoms with E-state index >= 15 is 0 Å². The monoisotopic (exact) mass is 279 g/mol. The number of carbonyl (C=O) groups excluding carboxylic acids is 1. The van der Waals surface area contributed by atoms with E-state index in [9.17, 15) is 4.79 Å². The van der Waals surface area contributed by atoms with Crippen LogP contribution in [0.15, 0.2) is 6.33 Å². The first-order valence-electron chi connectivity index (χ1n) is 7.66. The Labute approximate surface area is 120 Å². The van der Waals surface area contributed by atoms with Crippen molar-refractivity contribution in [3.63, 3.8) is 0 Å². The van der Waals surface area contributed by atoms with Crippen molar-refractivity contribution < 1.29 is 4.79 Å². The van der Waals surface area contributed by atoms with Crippen LogP contribution in [-0.2, 0) is 17.9 Å². The standard InChI is InChI=1S/C14H25N5O/c1-2-8-19-13(16-12-17-19)11-15-7-6-14(20)18-9-4-3-5-10-18/h12,15H,2-11H2,1H3. The molecule has 0 atom stereocenters. The molecule has 0 spiro atoms. The molecule has 0 bridgehead atoms. The molecule has 1 aliphatic rings. The van der Waals surface area contributed by atoms with Gasteiger partial charge in [-0.15, -0.1) is 0 Å². The van der Waals surface area contributed by atoms with E-state index in [1.165, 1.54) is 6.42 Å². The lowest BCUT2D eigenvalue weighted by Crippen LogP contribution is -2.37. The van der Waals surface area contributed by atoms with Gasteiger partial charge in [-0.2, -0.15) is 5.10 Å². The number of aromatic nitrogens is 3. The van der Waals surface area contributed by atoms with Crippen molar-refractivity contribution in [2.24, 2.45) is 0 Å². The molecule has 0 aromatic carbocycles. The maximum absolute atomic E-state index is 12.0. The van der Waals surface area contributed by atoms with Crippen LogP contribution in [-0.4, -0.2) is 45.2 Å². The lowest BCUT2D eigenvalue weighted by Gasteiger charge is -2.26. The summed E-state index contributed by atoms with van der Waals surface area (Å²) in [6.07, 6.45) is 6.77. The first-order chi connectivity index (χ1) is 9.81. The molecule has 0 unspecified atom stereocenters. The summed E-state index contributed by atoms with van der Waals surface area (Å²) < 4.78 is 1.92. The number of nitrogens with zero attached hydrogens (tertiary/aromatic N) is 4. The average Bonchev–Trinajstić information content (AvgIpc) is 2.92. The fourth-order valence-corrected chi connectivity index (χ4v) is 2.52. The lowest BCUT2D eigenvalue weighted by molar-refractivity contribution is -0.131. The molecule has 0 saturated carbocycles. The second-order valence-electron chi connectivity index (χ2n) is 5.27. The minimum Gasteiger partial charge on any atom is -0.343 e. The highest BCUT2D eigenvalue weighted by molar-refractivity contribution is 5.76. The van der Waals surface area contributed by atoms with Crippen LogP contribution in [0.25, 0.3) is 0 Å². The van der Waals surface area contributed by atoms with Crippen LogP contribution in [0.3, 0.4) is 0 Å². The summed E-state index contributed by atoms with van der Waals surface area (Å²) in [5.41, 5.74) is 0. The van der Waals surface area contributed by atoms with Gasteiger partial charge in [-0.3, -0.25) is 4.79 Å². The van der Waals surface area contributed by atoms with Gasteiger partial charge in [0.05, 0.1) is 6.54 Å². The molecular formula is C14H25N5O. The molecule has 6 nitrogen and oxygen atoms in total. The smallest absolute Gasteiger partial charge is 0.223 e. The maximum Gasteiger partial charge on any atom is 0.223 e. The molecule has 1 fully saturated rings. The van der Waals surface area contributed by atoms with Gasteiger partial charge in [-0.25, -0.2) is 9.67 Å². The number of likely N-dealkylation sites (tertiary alicyclic amines) is 1. The van der Waals surface area contributed by atoms with Crippen molar-refractivity contribution in [1.29, 1.82) is 0 Å². The van der Waals surface area contributed by atoms with Crippen molar-refractivity contribution in [2.75, 3.05) is 19.6 Å². The summed E-state index contributed by atoms with van der Waals surface area (Å²) in [4.78, 5) is 18.2. The summed E-state index contributed by atoms with van der Waals surface area (Å²) in [6.45, 7) is 6.26. The van der Waals surface area contributed by atoms with E-state index in [2.05, 4.69) is 22.3 Å². The Kier molecular flexibility index (Phi) is 5.98. The van der Waals surface area contributed by atoms with Gasteiger partial charge in [0.25, 0.3) is 0 Å². The molecule has 0 aliphatic carbocycles. The number of carbonyl (C=O) groups is 1. The van der Waals surface area contributed by atoms with Crippen molar-refractivity contribution in [3.05, 3.63) is 12.2 Å². The predicted molar refractivity (Wildman–Crippen MR) is 77.1 cm³/mol. The Morgan fingerprint density at radius 3 is 2.90 bits per heavy atom. The predicted octanol–water partition coefficient (Wildman–Crippen LogP) is 1.18. The zero-order chi connectivity index (χ0) is 14.2. The number of hydrogen-bond acceptors (Lipinski definition) is 4. The van der Waals surface area contributed by atoms with Crippen LogP contribution in [0.2, 0.25) is 0 Å². The van der Waals surface area contributed by atoms with Gasteiger partial charge in [-0.05, 0) is 25.7 Å². The minimum atomic E-state index is 0.271. The number of amides is 1. The molecule has 0 radical (unpaired) electrons. The quantitative estimate of drug-likeness (QED) is 0.761. The Morgan fingerprint density at radius 1 is 1.35 bits per heavy atom. The van der Waals surface area contributed by atoms with E-state index in [1.807, 2.05) is 9.58 Å². The Balaban J connectivity index is 1.65. The summed E-state index contributed by atoms with van der Waals surface area (Å²) in [5, 5.41) is 7.47. The molecule has 1 N–H and O–H groups in total. The largest absolute Gasteiger partial charge is 0.343 e. The summed E-state index contributed by atoms with van der Waals surface area (Å²) in [5.74, 6) is 1.21. The van der Waals surface area contributed by atoms with Crippen molar-refractivity contribution in [1.82, 2.24) is 25.0 Å². The highest BCUT2D eigenvalue weighted by Gasteiger charge is 2.15. The van der Waals surface area contributed by atoms with E-state index < -0.39 is 0 Å². The molecule has 1 aromatic rings. The number of aryl methyl sites for hydroxylation is 1. The SMILES string of the molecule is CCCn1ncnc1CNCCC(=O)N1CCCCC1. The summed E-state index contributed by atoms with van der Waals surface area (Å²) >= 11 is 0. The molecular weight excluding hydrogens is 254 g/mol. The Hall–Kier alpha value is -1.43. The van der Waals surface area contributed by atoms with Crippen LogP contribution < -0.4 is 5.32 Å².